The van der Waals surface area contributed by atoms with Crippen molar-refractivity contribution in [3.8, 4) is 0 Å². The summed E-state index contributed by atoms with van der Waals surface area (Å²) in [4.78, 5) is 74.2. The Kier molecular flexibility index (Phi) is 14.0. The monoisotopic (exact) mass is 502 g/mol. The molecule has 4 atom stereocenters. The molecule has 0 aliphatic heterocycles. The van der Waals surface area contributed by atoms with Crippen LogP contribution in [0.15, 0.2) is 4.99 Å². The molecule has 0 aliphatic carbocycles. The molecule has 0 radical (unpaired) electrons. The van der Waals surface area contributed by atoms with Gasteiger partial charge in [0.25, 0.3) is 0 Å². The van der Waals surface area contributed by atoms with Crippen LogP contribution in [0.1, 0.15) is 45.4 Å². The van der Waals surface area contributed by atoms with Gasteiger partial charge in [0.1, 0.15) is 18.1 Å². The molecule has 0 spiro atoms. The molecule has 0 bridgehead atoms. The van der Waals surface area contributed by atoms with Crippen molar-refractivity contribution in [1.82, 2.24) is 16.0 Å². The van der Waals surface area contributed by atoms with E-state index in [0.29, 0.717) is 6.42 Å². The molecule has 0 aromatic heterocycles. The molecule has 16 nitrogen and oxygen atoms in total. The van der Waals surface area contributed by atoms with Gasteiger partial charge < -0.3 is 49.1 Å². The maximum Gasteiger partial charge on any atom is 0.326 e. The van der Waals surface area contributed by atoms with E-state index < -0.39 is 66.2 Å². The number of carbonyl (C=O) groups excluding carboxylic acids is 4. The molecule has 16 heteroatoms. The standard InChI is InChI=1S/C19H34N8O8/c1-9(25-16(32)10(20)3-2-8-24-19(22)23)15(31)26-11(5-7-14(29)30)17(33)27-12(18(34)35)4-6-13(21)28/h9-12H,2-8,20H2,1H3,(H2,21,28)(H,25,32)(H,26,31)(H,27,33)(H,29,30)(H,34,35)(H4,22,23,24). The minimum absolute atomic E-state index is 0.0997. The lowest BCUT2D eigenvalue weighted by Gasteiger charge is -2.23. The Morgan fingerprint density at radius 2 is 1.37 bits per heavy atom. The fourth-order valence-electron chi connectivity index (χ4n) is 2.69. The van der Waals surface area contributed by atoms with Crippen LogP contribution in [-0.2, 0) is 28.8 Å². The Bertz CT molecular complexity index is 815. The molecule has 198 valence electrons. The van der Waals surface area contributed by atoms with E-state index >= 15 is 0 Å². The number of carboxylic acid groups (broad SMARTS) is 2. The van der Waals surface area contributed by atoms with Gasteiger partial charge in [0.05, 0.1) is 6.04 Å². The topological polar surface area (TPSA) is 295 Å². The first-order chi connectivity index (χ1) is 16.2. The highest BCUT2D eigenvalue weighted by molar-refractivity contribution is 5.94. The van der Waals surface area contributed by atoms with E-state index in [2.05, 4.69) is 20.9 Å². The minimum Gasteiger partial charge on any atom is -0.481 e. The van der Waals surface area contributed by atoms with Crippen molar-refractivity contribution < 1.29 is 39.0 Å². The summed E-state index contributed by atoms with van der Waals surface area (Å²) in [5.74, 6) is -6.04. The van der Waals surface area contributed by atoms with Crippen LogP contribution in [0.3, 0.4) is 0 Å². The molecule has 0 saturated carbocycles. The first-order valence-electron chi connectivity index (χ1n) is 10.7. The summed E-state index contributed by atoms with van der Waals surface area (Å²) in [6.07, 6.45) is -0.867. The van der Waals surface area contributed by atoms with Crippen LogP contribution < -0.4 is 38.9 Å². The van der Waals surface area contributed by atoms with Crippen molar-refractivity contribution >= 4 is 41.5 Å². The lowest BCUT2D eigenvalue weighted by molar-refractivity contribution is -0.143. The van der Waals surface area contributed by atoms with Gasteiger partial charge in [-0.1, -0.05) is 0 Å². The Balaban J connectivity index is 5.09. The van der Waals surface area contributed by atoms with Crippen molar-refractivity contribution in [3.05, 3.63) is 0 Å². The van der Waals surface area contributed by atoms with Crippen molar-refractivity contribution in [2.75, 3.05) is 6.54 Å². The molecule has 35 heavy (non-hydrogen) atoms. The number of hydrogen-bond acceptors (Lipinski definition) is 8. The molecule has 0 rings (SSSR count). The molecular weight excluding hydrogens is 468 g/mol. The molecule has 0 aliphatic rings. The third-order valence-corrected chi connectivity index (χ3v) is 4.63. The van der Waals surface area contributed by atoms with Gasteiger partial charge in [0, 0.05) is 19.4 Å². The molecule has 0 aromatic carbocycles. The lowest BCUT2D eigenvalue weighted by atomic mass is 10.1. The van der Waals surface area contributed by atoms with Crippen LogP contribution in [0.4, 0.5) is 0 Å². The SMILES string of the molecule is CC(NC(=O)C(N)CCCN=C(N)N)C(=O)NC(CCC(=O)O)C(=O)NC(CCC(N)=O)C(=O)O. The van der Waals surface area contributed by atoms with Crippen LogP contribution in [0, 0.1) is 0 Å². The number of amides is 4. The summed E-state index contributed by atoms with van der Waals surface area (Å²) in [6.45, 7) is 1.58. The van der Waals surface area contributed by atoms with Gasteiger partial charge in [-0.05, 0) is 32.6 Å². The Morgan fingerprint density at radius 1 is 0.800 bits per heavy atom. The second kappa shape index (κ2) is 15.8. The van der Waals surface area contributed by atoms with Crippen molar-refractivity contribution in [3.63, 3.8) is 0 Å². The smallest absolute Gasteiger partial charge is 0.326 e. The van der Waals surface area contributed by atoms with Crippen LogP contribution in [-0.4, -0.2) is 82.5 Å². The van der Waals surface area contributed by atoms with Crippen molar-refractivity contribution in [2.45, 2.75) is 69.6 Å². The van der Waals surface area contributed by atoms with E-state index in [1.54, 1.807) is 0 Å². The van der Waals surface area contributed by atoms with Gasteiger partial charge in [-0.15, -0.1) is 0 Å². The van der Waals surface area contributed by atoms with Crippen molar-refractivity contribution in [2.24, 2.45) is 27.9 Å². The number of nitrogens with zero attached hydrogens (tertiary/aromatic N) is 1. The zero-order valence-electron chi connectivity index (χ0n) is 19.4. The van der Waals surface area contributed by atoms with Crippen LogP contribution in [0.5, 0.6) is 0 Å². The number of carbonyl (C=O) groups is 6. The summed E-state index contributed by atoms with van der Waals surface area (Å²) < 4.78 is 0. The third-order valence-electron chi connectivity index (χ3n) is 4.63. The fourth-order valence-corrected chi connectivity index (χ4v) is 2.69. The van der Waals surface area contributed by atoms with Gasteiger partial charge in [0.2, 0.25) is 23.6 Å². The minimum atomic E-state index is -1.49. The van der Waals surface area contributed by atoms with Gasteiger partial charge in [-0.25, -0.2) is 4.79 Å². The number of nitrogens with two attached hydrogens (primary N) is 4. The Labute approximate surface area is 201 Å². The van der Waals surface area contributed by atoms with Gasteiger partial charge in [-0.2, -0.15) is 0 Å². The highest BCUT2D eigenvalue weighted by Gasteiger charge is 2.29. The fraction of sp³-hybridized carbons (Fsp3) is 0.632. The third kappa shape index (κ3) is 14.0. The van der Waals surface area contributed by atoms with Crippen LogP contribution in [0.25, 0.3) is 0 Å². The summed E-state index contributed by atoms with van der Waals surface area (Å²) in [5.41, 5.74) is 21.2. The average Bonchev–Trinajstić information content (AvgIpc) is 2.75. The van der Waals surface area contributed by atoms with E-state index in [0.717, 1.165) is 0 Å². The zero-order chi connectivity index (χ0) is 27.1. The van der Waals surface area contributed by atoms with Crippen molar-refractivity contribution in [1.29, 1.82) is 0 Å². The quantitative estimate of drug-likeness (QED) is 0.0525. The number of guanidine groups is 1. The highest BCUT2D eigenvalue weighted by Crippen LogP contribution is 2.04. The predicted octanol–water partition coefficient (Wildman–Crippen LogP) is -3.94. The molecule has 0 heterocycles. The molecule has 0 aromatic rings. The maximum atomic E-state index is 12.6. The predicted molar refractivity (Wildman–Crippen MR) is 122 cm³/mol. The van der Waals surface area contributed by atoms with Crippen LogP contribution >= 0.6 is 0 Å². The second-order valence-electron chi connectivity index (χ2n) is 7.68. The molecular formula is C19H34N8O8. The van der Waals surface area contributed by atoms with E-state index in [9.17, 15) is 33.9 Å². The number of nitrogens with one attached hydrogen (secondary N) is 3. The number of carboxylic acids is 2. The number of aliphatic carboxylic acids is 2. The zero-order valence-corrected chi connectivity index (χ0v) is 19.4. The second-order valence-corrected chi connectivity index (χ2v) is 7.68. The normalized spacial score (nSPS) is 13.9. The number of rotatable bonds is 17. The molecule has 13 N–H and O–H groups in total. The van der Waals surface area contributed by atoms with Crippen LogP contribution in [0.2, 0.25) is 0 Å². The van der Waals surface area contributed by atoms with E-state index in [1.165, 1.54) is 6.92 Å². The van der Waals surface area contributed by atoms with E-state index in [-0.39, 0.29) is 38.2 Å². The summed E-state index contributed by atoms with van der Waals surface area (Å²) >= 11 is 0. The summed E-state index contributed by atoms with van der Waals surface area (Å²) in [5, 5.41) is 25.0. The molecule has 4 unspecified atom stereocenters. The van der Waals surface area contributed by atoms with E-state index in [1.807, 2.05) is 0 Å². The van der Waals surface area contributed by atoms with Gasteiger partial charge in [-0.3, -0.25) is 29.0 Å². The molecule has 4 amide bonds. The number of hydrogen-bond donors (Lipinski definition) is 9. The summed E-state index contributed by atoms with van der Waals surface area (Å²) in [7, 11) is 0. The first-order valence-corrected chi connectivity index (χ1v) is 10.7. The first kappa shape index (κ1) is 31.0. The highest BCUT2D eigenvalue weighted by atomic mass is 16.4. The van der Waals surface area contributed by atoms with Gasteiger partial charge in [0.15, 0.2) is 5.96 Å². The average molecular weight is 503 g/mol. The van der Waals surface area contributed by atoms with Gasteiger partial charge >= 0.3 is 11.9 Å². The number of primary amides is 1. The largest absolute Gasteiger partial charge is 0.481 e. The number of aliphatic imine (C=N–C) groups is 1. The summed E-state index contributed by atoms with van der Waals surface area (Å²) in [6, 6.07) is -5.04. The van der Waals surface area contributed by atoms with E-state index in [4.69, 9.17) is 28.0 Å². The maximum absolute atomic E-state index is 12.6. The molecule has 0 fully saturated rings. The lowest BCUT2D eigenvalue weighted by Crippen LogP contribution is -2.56. The molecule has 0 saturated heterocycles. The Morgan fingerprint density at radius 3 is 1.89 bits per heavy atom. The Hall–Kier alpha value is -3.95.